The molecule has 3 heteroatoms. The number of hydrogen-bond acceptors (Lipinski definition) is 1. The summed E-state index contributed by atoms with van der Waals surface area (Å²) >= 11 is 5.91. The Morgan fingerprint density at radius 1 is 1.50 bits per heavy atom. The predicted molar refractivity (Wildman–Crippen MR) is 53.1 cm³/mol. The first-order valence-electron chi connectivity index (χ1n) is 3.67. The maximum absolute atomic E-state index is 5.91. The highest BCUT2D eigenvalue weighted by molar-refractivity contribution is 6.33. The maximum Gasteiger partial charge on any atom is 0.0965 e. The molecule has 1 aromatic carbocycles. The van der Waals surface area contributed by atoms with Gasteiger partial charge >= 0.3 is 0 Å². The Hall–Kier alpha value is -1.02. The average molecular weight is 183 g/mol. The molecule has 0 saturated heterocycles. The number of nitrogens with two attached hydrogens (primary N) is 1. The van der Waals surface area contributed by atoms with Gasteiger partial charge in [-0.15, -0.1) is 0 Å². The van der Waals surface area contributed by atoms with Gasteiger partial charge in [0.25, 0.3) is 0 Å². The zero-order valence-electron chi connectivity index (χ0n) is 7.13. The summed E-state index contributed by atoms with van der Waals surface area (Å²) in [6.45, 7) is 3.69. The summed E-state index contributed by atoms with van der Waals surface area (Å²) in [7, 11) is 0. The Kier molecular flexibility index (Phi) is 2.71. The molecule has 0 aliphatic rings. The van der Waals surface area contributed by atoms with Gasteiger partial charge in [0, 0.05) is 0 Å². The van der Waals surface area contributed by atoms with E-state index in [4.69, 9.17) is 17.3 Å². The van der Waals surface area contributed by atoms with Crippen molar-refractivity contribution in [1.82, 2.24) is 0 Å². The Bertz CT molecular complexity index is 294. The van der Waals surface area contributed by atoms with Gasteiger partial charge in [-0.1, -0.05) is 23.7 Å². The van der Waals surface area contributed by atoms with Gasteiger partial charge in [0.2, 0.25) is 0 Å². The standard InChI is InChI=1S/C9H11ClN2/c1-6-4-3-5-8(10)9(6)12-7(2)11/h3-5H,1-2H3,(H2,11,12). The van der Waals surface area contributed by atoms with Gasteiger partial charge in [-0.2, -0.15) is 0 Å². The van der Waals surface area contributed by atoms with E-state index >= 15 is 0 Å². The molecule has 0 unspecified atom stereocenters. The summed E-state index contributed by atoms with van der Waals surface area (Å²) < 4.78 is 0. The van der Waals surface area contributed by atoms with Crippen LogP contribution >= 0.6 is 11.6 Å². The minimum absolute atomic E-state index is 0.520. The van der Waals surface area contributed by atoms with Crippen molar-refractivity contribution in [2.75, 3.05) is 0 Å². The molecule has 0 aliphatic heterocycles. The molecule has 0 fully saturated rings. The fraction of sp³-hybridized carbons (Fsp3) is 0.222. The lowest BCUT2D eigenvalue weighted by atomic mass is 10.2. The van der Waals surface area contributed by atoms with Gasteiger partial charge in [0.05, 0.1) is 16.5 Å². The molecule has 2 N–H and O–H groups in total. The zero-order chi connectivity index (χ0) is 9.14. The van der Waals surface area contributed by atoms with E-state index in [1.165, 1.54) is 0 Å². The van der Waals surface area contributed by atoms with Crippen LogP contribution in [0, 0.1) is 6.92 Å². The molecule has 0 amide bonds. The number of halogens is 1. The van der Waals surface area contributed by atoms with Crippen molar-refractivity contribution in [2.45, 2.75) is 13.8 Å². The molecule has 1 aromatic rings. The lowest BCUT2D eigenvalue weighted by molar-refractivity contribution is 1.37. The molecule has 0 aliphatic carbocycles. The first kappa shape index (κ1) is 9.07. The van der Waals surface area contributed by atoms with Gasteiger partial charge < -0.3 is 5.73 Å². The summed E-state index contributed by atoms with van der Waals surface area (Å²) in [5, 5.41) is 0.639. The smallest absolute Gasteiger partial charge is 0.0965 e. The first-order valence-corrected chi connectivity index (χ1v) is 4.05. The molecular formula is C9H11ClN2. The van der Waals surface area contributed by atoms with E-state index in [1.807, 2.05) is 19.1 Å². The van der Waals surface area contributed by atoms with Crippen molar-refractivity contribution in [1.29, 1.82) is 0 Å². The number of rotatable bonds is 1. The highest BCUT2D eigenvalue weighted by Crippen LogP contribution is 2.27. The van der Waals surface area contributed by atoms with E-state index in [-0.39, 0.29) is 0 Å². The van der Waals surface area contributed by atoms with Crippen molar-refractivity contribution in [3.63, 3.8) is 0 Å². The largest absolute Gasteiger partial charge is 0.387 e. The predicted octanol–water partition coefficient (Wildman–Crippen LogP) is 2.66. The highest BCUT2D eigenvalue weighted by atomic mass is 35.5. The number of nitrogens with zero attached hydrogens (tertiary/aromatic N) is 1. The van der Waals surface area contributed by atoms with E-state index in [1.54, 1.807) is 13.0 Å². The topological polar surface area (TPSA) is 38.4 Å². The van der Waals surface area contributed by atoms with E-state index in [2.05, 4.69) is 4.99 Å². The molecule has 0 spiro atoms. The van der Waals surface area contributed by atoms with Crippen molar-refractivity contribution in [3.8, 4) is 0 Å². The Balaban J connectivity index is 3.22. The fourth-order valence-corrected chi connectivity index (χ4v) is 1.21. The van der Waals surface area contributed by atoms with E-state index in [9.17, 15) is 0 Å². The third-order valence-corrected chi connectivity index (χ3v) is 1.78. The molecule has 12 heavy (non-hydrogen) atoms. The second kappa shape index (κ2) is 3.59. The van der Waals surface area contributed by atoms with Crippen LogP contribution in [0.25, 0.3) is 0 Å². The number of aliphatic imine (C=N–C) groups is 1. The van der Waals surface area contributed by atoms with Gasteiger partial charge in [-0.3, -0.25) is 0 Å². The lowest BCUT2D eigenvalue weighted by Gasteiger charge is -2.02. The Morgan fingerprint density at radius 2 is 2.17 bits per heavy atom. The Morgan fingerprint density at radius 3 is 2.67 bits per heavy atom. The van der Waals surface area contributed by atoms with E-state index in [0.717, 1.165) is 11.3 Å². The van der Waals surface area contributed by atoms with Gasteiger partial charge in [0.15, 0.2) is 0 Å². The average Bonchev–Trinajstić information content (AvgIpc) is 1.97. The third kappa shape index (κ3) is 1.98. The first-order chi connectivity index (χ1) is 5.61. The molecular weight excluding hydrogens is 172 g/mol. The number of benzene rings is 1. The van der Waals surface area contributed by atoms with Crippen LogP contribution in [0.4, 0.5) is 5.69 Å². The Labute approximate surface area is 77.1 Å². The van der Waals surface area contributed by atoms with Crippen molar-refractivity contribution in [2.24, 2.45) is 10.7 Å². The van der Waals surface area contributed by atoms with Crippen LogP contribution in [0.3, 0.4) is 0 Å². The SMILES string of the molecule is CC(N)=Nc1c(C)cccc1Cl. The second-order valence-corrected chi connectivity index (χ2v) is 3.07. The molecule has 0 saturated carbocycles. The normalized spacial score (nSPS) is 11.8. The highest BCUT2D eigenvalue weighted by Gasteiger charge is 2.00. The van der Waals surface area contributed by atoms with Crippen LogP contribution in [0.15, 0.2) is 23.2 Å². The zero-order valence-corrected chi connectivity index (χ0v) is 7.89. The molecule has 0 aromatic heterocycles. The van der Waals surface area contributed by atoms with Gasteiger partial charge in [-0.05, 0) is 25.5 Å². The monoisotopic (exact) mass is 182 g/mol. The number of hydrogen-bond donors (Lipinski definition) is 1. The van der Waals surface area contributed by atoms with Crippen molar-refractivity contribution >= 4 is 23.1 Å². The summed E-state index contributed by atoms with van der Waals surface area (Å²) in [4.78, 5) is 4.12. The molecule has 1 rings (SSSR count). The van der Waals surface area contributed by atoms with Crippen LogP contribution in [-0.4, -0.2) is 5.84 Å². The molecule has 2 nitrogen and oxygen atoms in total. The molecule has 0 radical (unpaired) electrons. The van der Waals surface area contributed by atoms with Gasteiger partial charge in [-0.25, -0.2) is 4.99 Å². The fourth-order valence-electron chi connectivity index (χ4n) is 0.941. The van der Waals surface area contributed by atoms with Crippen molar-refractivity contribution < 1.29 is 0 Å². The van der Waals surface area contributed by atoms with E-state index in [0.29, 0.717) is 10.9 Å². The number of amidine groups is 1. The van der Waals surface area contributed by atoms with Crippen LogP contribution < -0.4 is 5.73 Å². The molecule has 0 heterocycles. The summed E-state index contributed by atoms with van der Waals surface area (Å²) in [6.07, 6.45) is 0. The third-order valence-electron chi connectivity index (χ3n) is 1.48. The van der Waals surface area contributed by atoms with Crippen molar-refractivity contribution in [3.05, 3.63) is 28.8 Å². The minimum Gasteiger partial charge on any atom is -0.387 e. The lowest BCUT2D eigenvalue weighted by Crippen LogP contribution is -2.04. The van der Waals surface area contributed by atoms with Crippen LogP contribution in [0.2, 0.25) is 5.02 Å². The molecule has 64 valence electrons. The quantitative estimate of drug-likeness (QED) is 0.526. The number of aryl methyl sites for hydroxylation is 1. The van der Waals surface area contributed by atoms with Crippen LogP contribution in [-0.2, 0) is 0 Å². The summed E-state index contributed by atoms with van der Waals surface area (Å²) in [5.74, 6) is 0.520. The van der Waals surface area contributed by atoms with Crippen LogP contribution in [0.1, 0.15) is 12.5 Å². The van der Waals surface area contributed by atoms with Crippen LogP contribution in [0.5, 0.6) is 0 Å². The summed E-state index contributed by atoms with van der Waals surface area (Å²) in [5.41, 5.74) is 7.25. The molecule has 0 bridgehead atoms. The summed E-state index contributed by atoms with van der Waals surface area (Å²) in [6, 6.07) is 5.65. The van der Waals surface area contributed by atoms with Gasteiger partial charge in [0.1, 0.15) is 0 Å². The number of para-hydroxylation sites is 1. The second-order valence-electron chi connectivity index (χ2n) is 2.66. The maximum atomic E-state index is 5.91. The molecule has 0 atom stereocenters. The minimum atomic E-state index is 0.520. The van der Waals surface area contributed by atoms with E-state index < -0.39 is 0 Å².